The molecule has 60 valence electrons. The molecule has 0 unspecified atom stereocenters. The lowest BCUT2D eigenvalue weighted by Crippen LogP contribution is -2.12. The minimum Gasteiger partial charge on any atom is -0.444 e. The van der Waals surface area contributed by atoms with Crippen molar-refractivity contribution >= 4 is 17.4 Å². The summed E-state index contributed by atoms with van der Waals surface area (Å²) in [6, 6.07) is 1.97. The number of carbonyl (C=O) groups excluding carboxylic acids is 1. The molecule has 0 aromatic carbocycles. The molecule has 1 aromatic rings. The molecule has 0 spiro atoms. The number of thiophene rings is 1. The molecule has 3 nitrogen and oxygen atoms in total. The molecule has 11 heavy (non-hydrogen) atoms. The average molecular weight is 171 g/mol. The highest BCUT2D eigenvalue weighted by atomic mass is 32.1. The second kappa shape index (κ2) is 3.39. The van der Waals surface area contributed by atoms with Crippen LogP contribution in [0.5, 0.6) is 0 Å². The van der Waals surface area contributed by atoms with Gasteiger partial charge in [0.15, 0.2) is 0 Å². The second-order valence-corrected chi connectivity index (χ2v) is 3.19. The average Bonchev–Trinajstić information content (AvgIpc) is 2.31. The Morgan fingerprint density at radius 2 is 2.55 bits per heavy atom. The standard InChI is InChI=1S/C7H9NO2S/c1-5-2-6(11-4-5)3-10-7(8)9/h2,4H,3H2,1H3,(H2,8,9). The Labute approximate surface area is 68.8 Å². The zero-order valence-electron chi connectivity index (χ0n) is 6.16. The molecule has 0 fully saturated rings. The molecule has 0 aliphatic rings. The fourth-order valence-electron chi connectivity index (χ4n) is 0.709. The van der Waals surface area contributed by atoms with E-state index >= 15 is 0 Å². The fraction of sp³-hybridized carbons (Fsp3) is 0.286. The van der Waals surface area contributed by atoms with Gasteiger partial charge in [-0.05, 0) is 23.9 Å². The number of amides is 1. The van der Waals surface area contributed by atoms with Crippen molar-refractivity contribution in [1.82, 2.24) is 0 Å². The number of nitrogens with two attached hydrogens (primary N) is 1. The van der Waals surface area contributed by atoms with Gasteiger partial charge in [-0.3, -0.25) is 0 Å². The summed E-state index contributed by atoms with van der Waals surface area (Å²) in [5, 5.41) is 2.00. The predicted octanol–water partition coefficient (Wildman–Crippen LogP) is 1.65. The van der Waals surface area contributed by atoms with Gasteiger partial charge >= 0.3 is 6.09 Å². The monoisotopic (exact) mass is 171 g/mol. The Morgan fingerprint density at radius 1 is 1.82 bits per heavy atom. The van der Waals surface area contributed by atoms with Gasteiger partial charge in [0.1, 0.15) is 6.61 Å². The third-order valence-corrected chi connectivity index (χ3v) is 2.17. The van der Waals surface area contributed by atoms with Crippen molar-refractivity contribution in [1.29, 1.82) is 0 Å². The van der Waals surface area contributed by atoms with Crippen LogP contribution in [0.1, 0.15) is 10.4 Å². The van der Waals surface area contributed by atoms with Gasteiger partial charge in [-0.15, -0.1) is 11.3 Å². The van der Waals surface area contributed by atoms with E-state index in [9.17, 15) is 4.79 Å². The predicted molar refractivity (Wildman–Crippen MR) is 43.4 cm³/mol. The summed E-state index contributed by atoms with van der Waals surface area (Å²) in [6.45, 7) is 2.28. The van der Waals surface area contributed by atoms with E-state index in [0.717, 1.165) is 4.88 Å². The maximum absolute atomic E-state index is 10.2. The summed E-state index contributed by atoms with van der Waals surface area (Å²) in [6.07, 6.45) is -0.726. The number of carbonyl (C=O) groups is 1. The largest absolute Gasteiger partial charge is 0.444 e. The Bertz CT molecular complexity index is 257. The Hall–Kier alpha value is -1.03. The molecule has 1 heterocycles. The smallest absolute Gasteiger partial charge is 0.404 e. The molecule has 0 saturated heterocycles. The van der Waals surface area contributed by atoms with Gasteiger partial charge < -0.3 is 10.5 Å². The highest BCUT2D eigenvalue weighted by Gasteiger charge is 1.98. The maximum Gasteiger partial charge on any atom is 0.404 e. The number of aryl methyl sites for hydroxylation is 1. The van der Waals surface area contributed by atoms with Crippen LogP contribution in [0.2, 0.25) is 0 Å². The number of ether oxygens (including phenoxy) is 1. The van der Waals surface area contributed by atoms with Crippen molar-refractivity contribution in [2.24, 2.45) is 5.73 Å². The van der Waals surface area contributed by atoms with Gasteiger partial charge in [0.2, 0.25) is 0 Å². The van der Waals surface area contributed by atoms with E-state index in [1.165, 1.54) is 5.56 Å². The lowest BCUT2D eigenvalue weighted by molar-refractivity contribution is 0.151. The minimum absolute atomic E-state index is 0.286. The third kappa shape index (κ3) is 2.59. The number of primary amides is 1. The van der Waals surface area contributed by atoms with Gasteiger partial charge in [-0.1, -0.05) is 0 Å². The van der Waals surface area contributed by atoms with Gasteiger partial charge in [0.05, 0.1) is 0 Å². The molecule has 0 saturated carbocycles. The van der Waals surface area contributed by atoms with E-state index in [-0.39, 0.29) is 6.61 Å². The van der Waals surface area contributed by atoms with Crippen LogP contribution >= 0.6 is 11.3 Å². The van der Waals surface area contributed by atoms with Crippen molar-refractivity contribution in [2.45, 2.75) is 13.5 Å². The Balaban J connectivity index is 2.45. The first-order valence-corrected chi connectivity index (χ1v) is 4.02. The second-order valence-electron chi connectivity index (χ2n) is 2.20. The van der Waals surface area contributed by atoms with Crippen LogP contribution in [0.3, 0.4) is 0 Å². The van der Waals surface area contributed by atoms with Crippen LogP contribution < -0.4 is 5.73 Å². The normalized spacial score (nSPS) is 9.55. The summed E-state index contributed by atoms with van der Waals surface area (Å²) in [5.41, 5.74) is 5.97. The molecule has 0 atom stereocenters. The molecule has 0 radical (unpaired) electrons. The van der Waals surface area contributed by atoms with Crippen molar-refractivity contribution < 1.29 is 9.53 Å². The summed E-state index contributed by atoms with van der Waals surface area (Å²) in [7, 11) is 0. The van der Waals surface area contributed by atoms with Crippen molar-refractivity contribution in [2.75, 3.05) is 0 Å². The molecule has 0 aliphatic carbocycles. The summed E-state index contributed by atoms with van der Waals surface area (Å²) in [4.78, 5) is 11.2. The van der Waals surface area contributed by atoms with Crippen LogP contribution in [-0.4, -0.2) is 6.09 Å². The van der Waals surface area contributed by atoms with Crippen LogP contribution in [0.4, 0.5) is 4.79 Å². The Kier molecular flexibility index (Phi) is 2.48. The van der Waals surface area contributed by atoms with E-state index in [1.54, 1.807) is 11.3 Å². The van der Waals surface area contributed by atoms with E-state index < -0.39 is 6.09 Å². The van der Waals surface area contributed by atoms with E-state index in [1.807, 2.05) is 18.4 Å². The van der Waals surface area contributed by atoms with E-state index in [0.29, 0.717) is 0 Å². The molecule has 1 aromatic heterocycles. The van der Waals surface area contributed by atoms with Gasteiger partial charge in [-0.2, -0.15) is 0 Å². The lowest BCUT2D eigenvalue weighted by atomic mass is 10.3. The quantitative estimate of drug-likeness (QED) is 0.735. The fourth-order valence-corrected chi connectivity index (χ4v) is 1.49. The summed E-state index contributed by atoms with van der Waals surface area (Å²) < 4.78 is 4.59. The minimum atomic E-state index is -0.726. The van der Waals surface area contributed by atoms with Crippen LogP contribution in [0, 0.1) is 6.92 Å². The van der Waals surface area contributed by atoms with Crippen molar-refractivity contribution in [3.05, 3.63) is 21.9 Å². The highest BCUT2D eigenvalue weighted by Crippen LogP contribution is 2.14. The molecule has 4 heteroatoms. The highest BCUT2D eigenvalue weighted by molar-refractivity contribution is 7.10. The Morgan fingerprint density at radius 3 is 3.00 bits per heavy atom. The lowest BCUT2D eigenvalue weighted by Gasteiger charge is -1.95. The molecule has 2 N–H and O–H groups in total. The molecular formula is C7H9NO2S. The third-order valence-electron chi connectivity index (χ3n) is 1.14. The van der Waals surface area contributed by atoms with Crippen LogP contribution in [0.15, 0.2) is 11.4 Å². The molecule has 1 rings (SSSR count). The first kappa shape index (κ1) is 8.07. The molecule has 0 bridgehead atoms. The van der Waals surface area contributed by atoms with Gasteiger partial charge in [0.25, 0.3) is 0 Å². The van der Waals surface area contributed by atoms with Gasteiger partial charge in [0, 0.05) is 4.88 Å². The molecule has 0 aliphatic heterocycles. The van der Waals surface area contributed by atoms with E-state index in [4.69, 9.17) is 5.73 Å². The van der Waals surface area contributed by atoms with Gasteiger partial charge in [-0.25, -0.2) is 4.79 Å². The first-order chi connectivity index (χ1) is 5.18. The maximum atomic E-state index is 10.2. The number of hydrogen-bond donors (Lipinski definition) is 1. The number of hydrogen-bond acceptors (Lipinski definition) is 3. The molecule has 1 amide bonds. The molecular weight excluding hydrogens is 162 g/mol. The summed E-state index contributed by atoms with van der Waals surface area (Å²) >= 11 is 1.56. The summed E-state index contributed by atoms with van der Waals surface area (Å²) in [5.74, 6) is 0. The van der Waals surface area contributed by atoms with Crippen molar-refractivity contribution in [3.63, 3.8) is 0 Å². The van der Waals surface area contributed by atoms with Crippen LogP contribution in [-0.2, 0) is 11.3 Å². The topological polar surface area (TPSA) is 52.3 Å². The van der Waals surface area contributed by atoms with Crippen molar-refractivity contribution in [3.8, 4) is 0 Å². The zero-order chi connectivity index (χ0) is 8.27. The number of rotatable bonds is 2. The van der Waals surface area contributed by atoms with Crippen LogP contribution in [0.25, 0.3) is 0 Å². The zero-order valence-corrected chi connectivity index (χ0v) is 6.98. The van der Waals surface area contributed by atoms with E-state index in [2.05, 4.69) is 4.74 Å². The SMILES string of the molecule is Cc1csc(COC(N)=O)c1. The first-order valence-electron chi connectivity index (χ1n) is 3.15.